The van der Waals surface area contributed by atoms with Gasteiger partial charge in [0.05, 0.1) is 11.3 Å². The quantitative estimate of drug-likeness (QED) is 0.755. The van der Waals surface area contributed by atoms with Crippen molar-refractivity contribution in [3.63, 3.8) is 0 Å². The molecule has 0 bridgehead atoms. The van der Waals surface area contributed by atoms with Crippen LogP contribution in [0.4, 0.5) is 0 Å². The fraction of sp³-hybridized carbons (Fsp3) is 0.500. The molecule has 80 valence electrons. The second-order valence-electron chi connectivity index (χ2n) is 3.85. The van der Waals surface area contributed by atoms with Crippen molar-refractivity contribution in [2.75, 3.05) is 0 Å². The minimum Gasteiger partial charge on any atom is -0.334 e. The smallest absolute Gasteiger partial charge is 0.261 e. The first-order chi connectivity index (χ1) is 7.08. The molecule has 0 aliphatic carbocycles. The molecule has 0 unspecified atom stereocenters. The van der Waals surface area contributed by atoms with Gasteiger partial charge in [-0.25, -0.2) is 0 Å². The Morgan fingerprint density at radius 1 is 1.33 bits per heavy atom. The molecular formula is C10H14N4O. The van der Waals surface area contributed by atoms with Crippen LogP contribution in [-0.4, -0.2) is 19.9 Å². The first-order valence-electron chi connectivity index (χ1n) is 4.94. The molecule has 15 heavy (non-hydrogen) atoms. The molecule has 0 amide bonds. The third-order valence-corrected chi connectivity index (χ3v) is 2.20. The van der Waals surface area contributed by atoms with Crippen molar-refractivity contribution in [3.8, 4) is 11.5 Å². The number of rotatable bonds is 2. The second-order valence-corrected chi connectivity index (χ2v) is 3.85. The van der Waals surface area contributed by atoms with Crippen molar-refractivity contribution >= 4 is 0 Å². The van der Waals surface area contributed by atoms with Gasteiger partial charge in [0.1, 0.15) is 0 Å². The van der Waals surface area contributed by atoms with Gasteiger partial charge in [-0.05, 0) is 27.7 Å². The molecule has 0 radical (unpaired) electrons. The average Bonchev–Trinajstić information content (AvgIpc) is 2.71. The normalized spacial score (nSPS) is 11.3. The Kier molecular flexibility index (Phi) is 2.30. The number of hydrogen-bond acceptors (Lipinski definition) is 4. The third kappa shape index (κ3) is 1.77. The zero-order valence-corrected chi connectivity index (χ0v) is 9.35. The monoisotopic (exact) mass is 206 g/mol. The van der Waals surface area contributed by atoms with Crippen LogP contribution in [0.1, 0.15) is 31.4 Å². The van der Waals surface area contributed by atoms with E-state index >= 15 is 0 Å². The minimum atomic E-state index is 0.335. The lowest BCUT2D eigenvalue weighted by Crippen LogP contribution is -2.00. The summed E-state index contributed by atoms with van der Waals surface area (Å²) in [6.45, 7) is 7.90. The molecule has 0 aromatic carbocycles. The molecule has 2 aromatic heterocycles. The van der Waals surface area contributed by atoms with E-state index in [-0.39, 0.29) is 0 Å². The van der Waals surface area contributed by atoms with Crippen molar-refractivity contribution in [1.29, 1.82) is 0 Å². The molecular weight excluding hydrogens is 192 g/mol. The van der Waals surface area contributed by atoms with E-state index < -0.39 is 0 Å². The van der Waals surface area contributed by atoms with Gasteiger partial charge >= 0.3 is 0 Å². The van der Waals surface area contributed by atoms with Crippen molar-refractivity contribution in [3.05, 3.63) is 17.7 Å². The van der Waals surface area contributed by atoms with Gasteiger partial charge in [-0.2, -0.15) is 10.1 Å². The van der Waals surface area contributed by atoms with E-state index in [0.29, 0.717) is 17.8 Å². The van der Waals surface area contributed by atoms with Gasteiger partial charge in [0.15, 0.2) is 5.82 Å². The molecule has 2 aromatic rings. The minimum absolute atomic E-state index is 0.335. The number of nitrogens with zero attached hydrogens (tertiary/aromatic N) is 4. The highest BCUT2D eigenvalue weighted by atomic mass is 16.5. The van der Waals surface area contributed by atoms with Crippen LogP contribution in [-0.2, 0) is 0 Å². The summed E-state index contributed by atoms with van der Waals surface area (Å²) in [6, 6.07) is 0.335. The van der Waals surface area contributed by atoms with Crippen LogP contribution in [0.3, 0.4) is 0 Å². The highest BCUT2D eigenvalue weighted by Gasteiger charge is 2.14. The fourth-order valence-corrected chi connectivity index (χ4v) is 1.36. The van der Waals surface area contributed by atoms with Gasteiger partial charge in [-0.3, -0.25) is 4.68 Å². The molecule has 0 atom stereocenters. The van der Waals surface area contributed by atoms with Gasteiger partial charge in [-0.15, -0.1) is 0 Å². The SMILES string of the molecule is Cc1noc(-c2cn(C(C)C)nc2C)n1. The van der Waals surface area contributed by atoms with Crippen LogP contribution in [0.2, 0.25) is 0 Å². The largest absolute Gasteiger partial charge is 0.334 e. The molecule has 5 heteroatoms. The lowest BCUT2D eigenvalue weighted by Gasteiger charge is -2.02. The average molecular weight is 206 g/mol. The zero-order valence-electron chi connectivity index (χ0n) is 9.35. The van der Waals surface area contributed by atoms with Gasteiger partial charge in [0.25, 0.3) is 5.89 Å². The van der Waals surface area contributed by atoms with E-state index in [9.17, 15) is 0 Å². The van der Waals surface area contributed by atoms with Crippen molar-refractivity contribution in [2.45, 2.75) is 33.7 Å². The number of aryl methyl sites for hydroxylation is 2. The summed E-state index contributed by atoms with van der Waals surface area (Å²) in [6.07, 6.45) is 1.94. The standard InChI is InChI=1S/C10H14N4O/c1-6(2)14-5-9(7(3)12-14)10-11-8(4)13-15-10/h5-6H,1-4H3. The van der Waals surface area contributed by atoms with Crippen LogP contribution in [0.5, 0.6) is 0 Å². The molecule has 0 saturated heterocycles. The Morgan fingerprint density at radius 2 is 2.07 bits per heavy atom. The Labute approximate surface area is 88.1 Å². The van der Waals surface area contributed by atoms with E-state index in [1.54, 1.807) is 6.92 Å². The predicted molar refractivity (Wildman–Crippen MR) is 55.4 cm³/mol. The Hall–Kier alpha value is -1.65. The van der Waals surface area contributed by atoms with Crippen LogP contribution in [0, 0.1) is 13.8 Å². The van der Waals surface area contributed by atoms with Gasteiger partial charge < -0.3 is 4.52 Å². The van der Waals surface area contributed by atoms with E-state index in [2.05, 4.69) is 29.1 Å². The van der Waals surface area contributed by atoms with Crippen molar-refractivity contribution in [2.24, 2.45) is 0 Å². The molecule has 0 aliphatic rings. The lowest BCUT2D eigenvalue weighted by molar-refractivity contribution is 0.425. The maximum absolute atomic E-state index is 5.11. The van der Waals surface area contributed by atoms with E-state index in [1.807, 2.05) is 17.8 Å². The molecule has 0 fully saturated rings. The highest BCUT2D eigenvalue weighted by Crippen LogP contribution is 2.21. The molecule has 0 saturated carbocycles. The maximum atomic E-state index is 5.11. The van der Waals surface area contributed by atoms with Crippen LogP contribution >= 0.6 is 0 Å². The van der Waals surface area contributed by atoms with Crippen molar-refractivity contribution in [1.82, 2.24) is 19.9 Å². The fourth-order valence-electron chi connectivity index (χ4n) is 1.36. The molecule has 0 aliphatic heterocycles. The van der Waals surface area contributed by atoms with Gasteiger partial charge in [0, 0.05) is 12.2 Å². The molecule has 5 nitrogen and oxygen atoms in total. The number of hydrogen-bond donors (Lipinski definition) is 0. The molecule has 0 spiro atoms. The first kappa shape index (κ1) is 9.89. The first-order valence-corrected chi connectivity index (χ1v) is 4.94. The Balaban J connectivity index is 2.44. The van der Waals surface area contributed by atoms with E-state index in [1.165, 1.54) is 0 Å². The second kappa shape index (κ2) is 3.49. The number of aromatic nitrogens is 4. The maximum Gasteiger partial charge on any atom is 0.261 e. The van der Waals surface area contributed by atoms with E-state index in [4.69, 9.17) is 4.52 Å². The summed E-state index contributed by atoms with van der Waals surface area (Å²) in [4.78, 5) is 4.18. The third-order valence-electron chi connectivity index (χ3n) is 2.20. The highest BCUT2D eigenvalue weighted by molar-refractivity contribution is 5.54. The van der Waals surface area contributed by atoms with Gasteiger partial charge in [-0.1, -0.05) is 5.16 Å². The van der Waals surface area contributed by atoms with E-state index in [0.717, 1.165) is 11.3 Å². The summed E-state index contributed by atoms with van der Waals surface area (Å²) >= 11 is 0. The Bertz CT molecular complexity index is 469. The summed E-state index contributed by atoms with van der Waals surface area (Å²) < 4.78 is 7.00. The lowest BCUT2D eigenvalue weighted by atomic mass is 10.2. The molecule has 2 heterocycles. The summed E-state index contributed by atoms with van der Waals surface area (Å²) in [5, 5.41) is 8.15. The summed E-state index contributed by atoms with van der Waals surface area (Å²) in [5.41, 5.74) is 1.82. The topological polar surface area (TPSA) is 56.7 Å². The van der Waals surface area contributed by atoms with Crippen LogP contribution in [0.15, 0.2) is 10.7 Å². The van der Waals surface area contributed by atoms with Crippen LogP contribution in [0.25, 0.3) is 11.5 Å². The zero-order chi connectivity index (χ0) is 11.0. The molecule has 2 rings (SSSR count). The Morgan fingerprint density at radius 3 is 2.53 bits per heavy atom. The van der Waals surface area contributed by atoms with Crippen LogP contribution < -0.4 is 0 Å². The van der Waals surface area contributed by atoms with Crippen molar-refractivity contribution < 1.29 is 4.52 Å². The van der Waals surface area contributed by atoms with Gasteiger partial charge in [0.2, 0.25) is 0 Å². The summed E-state index contributed by atoms with van der Waals surface area (Å²) in [5.74, 6) is 1.18. The summed E-state index contributed by atoms with van der Waals surface area (Å²) in [7, 11) is 0. The predicted octanol–water partition coefficient (Wildman–Crippen LogP) is 2.13. The molecule has 0 N–H and O–H groups in total.